The van der Waals surface area contributed by atoms with Gasteiger partial charge in [0, 0.05) is 24.2 Å². The van der Waals surface area contributed by atoms with Crippen molar-refractivity contribution in [1.82, 2.24) is 10.6 Å². The van der Waals surface area contributed by atoms with Gasteiger partial charge in [-0.1, -0.05) is 35.9 Å². The topological polar surface area (TPSA) is 60.2 Å². The molecule has 0 amide bonds. The number of rotatable bonds is 4. The van der Waals surface area contributed by atoms with Crippen LogP contribution in [0.3, 0.4) is 0 Å². The van der Waals surface area contributed by atoms with Crippen LogP contribution >= 0.6 is 11.6 Å². The van der Waals surface area contributed by atoms with E-state index in [9.17, 15) is 4.39 Å². The lowest BCUT2D eigenvalue weighted by Gasteiger charge is -2.19. The molecule has 2 aromatic rings. The average molecular weight is 345 g/mol. The minimum Gasteiger partial charge on any atom is -0.352 e. The van der Waals surface area contributed by atoms with Gasteiger partial charge in [0.05, 0.1) is 17.7 Å². The Morgan fingerprint density at radius 1 is 1.33 bits per heavy atom. The molecule has 0 aliphatic carbocycles. The van der Waals surface area contributed by atoms with Gasteiger partial charge in [-0.2, -0.15) is 5.26 Å². The van der Waals surface area contributed by atoms with Gasteiger partial charge in [0.25, 0.3) is 0 Å². The van der Waals surface area contributed by atoms with Gasteiger partial charge in [0.15, 0.2) is 5.96 Å². The van der Waals surface area contributed by atoms with Crippen molar-refractivity contribution in [2.75, 3.05) is 7.05 Å². The van der Waals surface area contributed by atoms with Crippen LogP contribution in [0.1, 0.15) is 29.7 Å². The monoisotopic (exact) mass is 344 g/mol. The number of aliphatic imine (C=N–C) groups is 1. The molecule has 24 heavy (non-hydrogen) atoms. The molecule has 6 heteroatoms. The summed E-state index contributed by atoms with van der Waals surface area (Å²) in [6.45, 7) is 2.23. The van der Waals surface area contributed by atoms with Crippen LogP contribution in [0.4, 0.5) is 4.39 Å². The highest BCUT2D eigenvalue weighted by atomic mass is 35.5. The summed E-state index contributed by atoms with van der Waals surface area (Å²) in [5, 5.41) is 15.7. The summed E-state index contributed by atoms with van der Waals surface area (Å²) in [6, 6.07) is 13.8. The molecule has 0 aromatic heterocycles. The largest absolute Gasteiger partial charge is 0.352 e. The van der Waals surface area contributed by atoms with E-state index >= 15 is 0 Å². The fourth-order valence-corrected chi connectivity index (χ4v) is 2.54. The number of hydrogen-bond donors (Lipinski definition) is 2. The number of nitrogens with one attached hydrogen (secondary N) is 2. The third-order valence-electron chi connectivity index (χ3n) is 3.58. The number of nitrogens with zero attached hydrogens (tertiary/aromatic N) is 2. The first-order valence-corrected chi connectivity index (χ1v) is 7.83. The second kappa shape index (κ2) is 8.32. The minimum atomic E-state index is -0.420. The van der Waals surface area contributed by atoms with Gasteiger partial charge in [-0.15, -0.1) is 0 Å². The van der Waals surface area contributed by atoms with Gasteiger partial charge in [-0.05, 0) is 30.7 Å². The zero-order chi connectivity index (χ0) is 17.5. The van der Waals surface area contributed by atoms with Crippen LogP contribution < -0.4 is 10.6 Å². The van der Waals surface area contributed by atoms with E-state index in [1.54, 1.807) is 19.2 Å². The third kappa shape index (κ3) is 4.46. The first-order chi connectivity index (χ1) is 11.5. The molecule has 4 nitrogen and oxygen atoms in total. The Hall–Kier alpha value is -2.58. The lowest BCUT2D eigenvalue weighted by atomic mass is 10.1. The van der Waals surface area contributed by atoms with Crippen molar-refractivity contribution < 1.29 is 4.39 Å². The maximum Gasteiger partial charge on any atom is 0.191 e. The van der Waals surface area contributed by atoms with E-state index in [4.69, 9.17) is 16.9 Å². The first-order valence-electron chi connectivity index (χ1n) is 7.45. The molecule has 1 atom stereocenters. The number of nitriles is 1. The third-order valence-corrected chi connectivity index (χ3v) is 3.92. The quantitative estimate of drug-likeness (QED) is 0.655. The van der Waals surface area contributed by atoms with Crippen molar-refractivity contribution in [1.29, 1.82) is 5.26 Å². The minimum absolute atomic E-state index is 0.0595. The Balaban J connectivity index is 2.01. The lowest BCUT2D eigenvalue weighted by Crippen LogP contribution is -2.38. The fraction of sp³-hybridized carbons (Fsp3) is 0.222. The predicted octanol–water partition coefficient (Wildman–Crippen LogP) is 3.78. The van der Waals surface area contributed by atoms with Gasteiger partial charge in [-0.25, -0.2) is 4.39 Å². The number of benzene rings is 2. The highest BCUT2D eigenvalue weighted by Crippen LogP contribution is 2.21. The molecule has 0 bridgehead atoms. The van der Waals surface area contributed by atoms with E-state index in [1.165, 1.54) is 6.07 Å². The Bertz CT molecular complexity index is 783. The number of hydrogen-bond acceptors (Lipinski definition) is 2. The second-order valence-corrected chi connectivity index (χ2v) is 5.64. The zero-order valence-corrected chi connectivity index (χ0v) is 14.2. The number of guanidine groups is 1. The molecule has 0 saturated carbocycles. The van der Waals surface area contributed by atoms with Crippen molar-refractivity contribution in [2.45, 2.75) is 19.5 Å². The van der Waals surface area contributed by atoms with Gasteiger partial charge >= 0.3 is 0 Å². The van der Waals surface area contributed by atoms with Crippen LogP contribution in [-0.4, -0.2) is 13.0 Å². The van der Waals surface area contributed by atoms with E-state index in [0.29, 0.717) is 22.1 Å². The maximum absolute atomic E-state index is 13.9. The van der Waals surface area contributed by atoms with Crippen LogP contribution in [0.5, 0.6) is 0 Å². The van der Waals surface area contributed by atoms with E-state index in [2.05, 4.69) is 15.6 Å². The van der Waals surface area contributed by atoms with Crippen molar-refractivity contribution >= 4 is 17.6 Å². The molecule has 0 spiro atoms. The van der Waals surface area contributed by atoms with Crippen molar-refractivity contribution in [2.24, 2.45) is 4.99 Å². The smallest absolute Gasteiger partial charge is 0.191 e. The molecule has 124 valence electrons. The highest BCUT2D eigenvalue weighted by Gasteiger charge is 2.11. The molecule has 0 fully saturated rings. The number of halogens is 2. The molecule has 0 heterocycles. The van der Waals surface area contributed by atoms with Crippen molar-refractivity contribution in [3.63, 3.8) is 0 Å². The van der Waals surface area contributed by atoms with Crippen LogP contribution in [-0.2, 0) is 6.54 Å². The summed E-state index contributed by atoms with van der Waals surface area (Å²) in [4.78, 5) is 4.14. The van der Waals surface area contributed by atoms with Crippen LogP contribution in [0.15, 0.2) is 47.5 Å². The van der Waals surface area contributed by atoms with Gasteiger partial charge < -0.3 is 10.6 Å². The molecular weight excluding hydrogens is 327 g/mol. The molecule has 2 N–H and O–H groups in total. The van der Waals surface area contributed by atoms with Crippen LogP contribution in [0, 0.1) is 17.1 Å². The summed E-state index contributed by atoms with van der Waals surface area (Å²) in [7, 11) is 1.64. The standard InChI is InChI=1S/C18H18ClFN4/c1-12(15-5-3-4-6-16(15)19)24-18(22-2)23-11-14-8-7-13(10-21)9-17(14)20/h3-9,12H,11H2,1-2H3,(H2,22,23,24). The maximum atomic E-state index is 13.9. The van der Waals surface area contributed by atoms with Gasteiger partial charge in [0.1, 0.15) is 5.82 Å². The molecule has 2 rings (SSSR count). The van der Waals surface area contributed by atoms with E-state index in [-0.39, 0.29) is 12.6 Å². The first kappa shape index (κ1) is 17.8. The normalized spacial score (nSPS) is 12.4. The lowest BCUT2D eigenvalue weighted by molar-refractivity contribution is 0.602. The second-order valence-electron chi connectivity index (χ2n) is 5.23. The predicted molar refractivity (Wildman–Crippen MR) is 94.3 cm³/mol. The fourth-order valence-electron chi connectivity index (χ4n) is 2.24. The molecule has 2 aromatic carbocycles. The molecule has 0 aliphatic rings. The molecule has 0 aliphatic heterocycles. The Kier molecular flexibility index (Phi) is 6.16. The zero-order valence-electron chi connectivity index (χ0n) is 13.5. The molecule has 0 radical (unpaired) electrons. The van der Waals surface area contributed by atoms with Gasteiger partial charge in [-0.3, -0.25) is 4.99 Å². The summed E-state index contributed by atoms with van der Waals surface area (Å²) in [6.07, 6.45) is 0. The van der Waals surface area contributed by atoms with Crippen LogP contribution in [0.25, 0.3) is 0 Å². The van der Waals surface area contributed by atoms with Crippen molar-refractivity contribution in [3.8, 4) is 6.07 Å². The Morgan fingerprint density at radius 3 is 2.71 bits per heavy atom. The van der Waals surface area contributed by atoms with Crippen LogP contribution in [0.2, 0.25) is 5.02 Å². The van der Waals surface area contributed by atoms with Gasteiger partial charge in [0.2, 0.25) is 0 Å². The van der Waals surface area contributed by atoms with E-state index < -0.39 is 5.82 Å². The van der Waals surface area contributed by atoms with E-state index in [1.807, 2.05) is 37.3 Å². The van der Waals surface area contributed by atoms with E-state index in [0.717, 1.165) is 5.56 Å². The molecule has 1 unspecified atom stereocenters. The average Bonchev–Trinajstić information content (AvgIpc) is 2.59. The SMILES string of the molecule is CN=C(NCc1ccc(C#N)cc1F)NC(C)c1ccccc1Cl. The summed E-state index contributed by atoms with van der Waals surface area (Å²) in [5.41, 5.74) is 1.71. The summed E-state index contributed by atoms with van der Waals surface area (Å²) in [5.74, 6) is 0.113. The Morgan fingerprint density at radius 2 is 2.08 bits per heavy atom. The molecule has 0 saturated heterocycles. The Labute approximate surface area is 146 Å². The summed E-state index contributed by atoms with van der Waals surface area (Å²) >= 11 is 6.19. The van der Waals surface area contributed by atoms with Crippen molar-refractivity contribution in [3.05, 3.63) is 70.0 Å². The summed E-state index contributed by atoms with van der Waals surface area (Å²) < 4.78 is 13.9. The molecular formula is C18H18ClFN4. The highest BCUT2D eigenvalue weighted by molar-refractivity contribution is 6.31.